The Morgan fingerprint density at radius 1 is 1.33 bits per heavy atom. The molecule has 1 heterocycles. The Morgan fingerprint density at radius 3 is 2.60 bits per heavy atom. The molecule has 2 unspecified atom stereocenters. The molecule has 1 aliphatic heterocycles. The highest BCUT2D eigenvalue weighted by atomic mass is 16.5. The topological polar surface area (TPSA) is 52.3 Å². The van der Waals surface area contributed by atoms with Crippen LogP contribution in [0.2, 0.25) is 0 Å². The van der Waals surface area contributed by atoms with E-state index in [1.54, 1.807) is 0 Å². The van der Waals surface area contributed by atoms with Gasteiger partial charge in [-0.1, -0.05) is 24.3 Å². The lowest BCUT2D eigenvalue weighted by Crippen LogP contribution is -2.18. The van der Waals surface area contributed by atoms with E-state index < -0.39 is 0 Å². The zero-order chi connectivity index (χ0) is 10.7. The van der Waals surface area contributed by atoms with E-state index in [4.69, 9.17) is 10.5 Å². The normalized spacial score (nSPS) is 25.4. The number of hydrogen-bond donors (Lipinski definition) is 1. The summed E-state index contributed by atoms with van der Waals surface area (Å²) in [5.41, 5.74) is 7.39. The molecule has 80 valence electrons. The molecule has 1 aromatic carbocycles. The summed E-state index contributed by atoms with van der Waals surface area (Å²) in [5.74, 6) is 0. The summed E-state index contributed by atoms with van der Waals surface area (Å²) in [4.78, 5) is 10.5. The van der Waals surface area contributed by atoms with E-state index in [9.17, 15) is 4.79 Å². The largest absolute Gasteiger partial charge is 0.369 e. The minimum absolute atomic E-state index is 0.152. The molecule has 0 radical (unpaired) electrons. The number of rotatable bonds is 3. The predicted octanol–water partition coefficient (Wildman–Crippen LogP) is 1.68. The van der Waals surface area contributed by atoms with Crippen LogP contribution in [0.25, 0.3) is 0 Å². The van der Waals surface area contributed by atoms with Crippen molar-refractivity contribution in [2.45, 2.75) is 25.0 Å². The molecule has 2 atom stereocenters. The zero-order valence-electron chi connectivity index (χ0n) is 8.56. The van der Waals surface area contributed by atoms with Gasteiger partial charge in [0.1, 0.15) is 6.29 Å². The van der Waals surface area contributed by atoms with Crippen LogP contribution in [0, 0.1) is 0 Å². The van der Waals surface area contributed by atoms with Gasteiger partial charge in [-0.3, -0.25) is 4.79 Å². The number of ether oxygens (including phenoxy) is 1. The van der Waals surface area contributed by atoms with Gasteiger partial charge >= 0.3 is 0 Å². The van der Waals surface area contributed by atoms with Gasteiger partial charge in [-0.05, 0) is 18.4 Å². The number of benzene rings is 1. The highest BCUT2D eigenvalue weighted by molar-refractivity contribution is 5.74. The molecule has 3 nitrogen and oxygen atoms in total. The lowest BCUT2D eigenvalue weighted by molar-refractivity contribution is 0.0498. The first-order valence-electron chi connectivity index (χ1n) is 5.24. The molecule has 0 saturated carbocycles. The average molecular weight is 205 g/mol. The van der Waals surface area contributed by atoms with Crippen molar-refractivity contribution in [2.75, 3.05) is 6.54 Å². The third-order valence-corrected chi connectivity index (χ3v) is 2.81. The smallest absolute Gasteiger partial charge is 0.150 e. The van der Waals surface area contributed by atoms with Crippen molar-refractivity contribution in [1.29, 1.82) is 0 Å². The molecule has 1 aromatic rings. The van der Waals surface area contributed by atoms with E-state index in [1.807, 2.05) is 24.3 Å². The molecule has 0 aromatic heterocycles. The van der Waals surface area contributed by atoms with Gasteiger partial charge in [0.2, 0.25) is 0 Å². The van der Waals surface area contributed by atoms with Crippen LogP contribution in [0.5, 0.6) is 0 Å². The van der Waals surface area contributed by atoms with Gasteiger partial charge in [0, 0.05) is 12.1 Å². The van der Waals surface area contributed by atoms with Gasteiger partial charge in [-0.2, -0.15) is 0 Å². The van der Waals surface area contributed by atoms with Crippen LogP contribution < -0.4 is 5.73 Å². The number of carbonyl (C=O) groups excluding carboxylic acids is 1. The molecule has 0 amide bonds. The number of carbonyl (C=O) groups is 1. The number of hydrogen-bond acceptors (Lipinski definition) is 3. The van der Waals surface area contributed by atoms with Crippen LogP contribution >= 0.6 is 0 Å². The van der Waals surface area contributed by atoms with Crippen molar-refractivity contribution >= 4 is 6.29 Å². The highest BCUT2D eigenvalue weighted by Crippen LogP contribution is 2.32. The maximum Gasteiger partial charge on any atom is 0.150 e. The number of nitrogens with two attached hydrogens (primary N) is 1. The summed E-state index contributed by atoms with van der Waals surface area (Å²) in [5, 5.41) is 0. The summed E-state index contributed by atoms with van der Waals surface area (Å²) in [6, 6.07) is 7.55. The van der Waals surface area contributed by atoms with Gasteiger partial charge in [-0.25, -0.2) is 0 Å². The van der Waals surface area contributed by atoms with E-state index in [1.165, 1.54) is 0 Å². The van der Waals surface area contributed by atoms with Crippen molar-refractivity contribution in [3.63, 3.8) is 0 Å². The predicted molar refractivity (Wildman–Crippen MR) is 57.7 cm³/mol. The fourth-order valence-corrected chi connectivity index (χ4v) is 1.91. The molecule has 3 heteroatoms. The Bertz CT molecular complexity index is 334. The number of aldehydes is 1. The van der Waals surface area contributed by atoms with E-state index in [0.717, 1.165) is 24.7 Å². The quantitative estimate of drug-likeness (QED) is 0.764. The molecule has 1 fully saturated rings. The highest BCUT2D eigenvalue weighted by Gasteiger charge is 2.25. The van der Waals surface area contributed by atoms with Crippen molar-refractivity contribution in [3.05, 3.63) is 35.4 Å². The second kappa shape index (κ2) is 4.55. The lowest BCUT2D eigenvalue weighted by atomic mass is 10.0. The average Bonchev–Trinajstić information content (AvgIpc) is 2.78. The van der Waals surface area contributed by atoms with Crippen LogP contribution in [0.3, 0.4) is 0 Å². The Hall–Kier alpha value is -1.19. The van der Waals surface area contributed by atoms with E-state index in [-0.39, 0.29) is 12.2 Å². The Labute approximate surface area is 89.2 Å². The first kappa shape index (κ1) is 10.3. The third kappa shape index (κ3) is 2.25. The van der Waals surface area contributed by atoms with E-state index in [0.29, 0.717) is 12.1 Å². The van der Waals surface area contributed by atoms with E-state index in [2.05, 4.69) is 0 Å². The van der Waals surface area contributed by atoms with Crippen LogP contribution in [-0.2, 0) is 4.74 Å². The van der Waals surface area contributed by atoms with Crippen molar-refractivity contribution in [2.24, 2.45) is 5.73 Å². The fraction of sp³-hybridized carbons (Fsp3) is 0.417. The summed E-state index contributed by atoms with van der Waals surface area (Å²) in [6.07, 6.45) is 3.24. The third-order valence-electron chi connectivity index (χ3n) is 2.81. The van der Waals surface area contributed by atoms with Crippen molar-refractivity contribution in [3.8, 4) is 0 Å². The Morgan fingerprint density at radius 2 is 2.07 bits per heavy atom. The lowest BCUT2D eigenvalue weighted by Gasteiger charge is -2.12. The Kier molecular flexibility index (Phi) is 3.14. The second-order valence-electron chi connectivity index (χ2n) is 3.84. The molecule has 15 heavy (non-hydrogen) atoms. The molecular weight excluding hydrogens is 190 g/mol. The molecule has 2 N–H and O–H groups in total. The second-order valence-corrected chi connectivity index (χ2v) is 3.84. The molecule has 1 aliphatic rings. The Balaban J connectivity index is 2.07. The van der Waals surface area contributed by atoms with Gasteiger partial charge < -0.3 is 10.5 Å². The first-order valence-corrected chi connectivity index (χ1v) is 5.24. The van der Waals surface area contributed by atoms with Gasteiger partial charge in [0.05, 0.1) is 12.2 Å². The molecule has 0 bridgehead atoms. The summed E-state index contributed by atoms with van der Waals surface area (Å²) in [6.45, 7) is 0.586. The fourth-order valence-electron chi connectivity index (χ4n) is 1.91. The molecule has 0 spiro atoms. The van der Waals surface area contributed by atoms with Crippen molar-refractivity contribution < 1.29 is 9.53 Å². The summed E-state index contributed by atoms with van der Waals surface area (Å²) < 4.78 is 5.76. The standard InChI is InChI=1S/C12H15NO2/c13-7-11-5-6-12(15-11)10-3-1-9(8-14)2-4-10/h1-4,8,11-12H,5-7,13H2. The first-order chi connectivity index (χ1) is 7.33. The van der Waals surface area contributed by atoms with Crippen LogP contribution in [0.1, 0.15) is 34.9 Å². The van der Waals surface area contributed by atoms with Crippen molar-refractivity contribution in [1.82, 2.24) is 0 Å². The minimum Gasteiger partial charge on any atom is -0.369 e. The molecular formula is C12H15NO2. The van der Waals surface area contributed by atoms with Crippen LogP contribution in [-0.4, -0.2) is 18.9 Å². The van der Waals surface area contributed by atoms with Gasteiger partial charge in [0.15, 0.2) is 0 Å². The summed E-state index contributed by atoms with van der Waals surface area (Å²) in [7, 11) is 0. The maximum absolute atomic E-state index is 10.5. The van der Waals surface area contributed by atoms with Gasteiger partial charge in [-0.15, -0.1) is 0 Å². The van der Waals surface area contributed by atoms with Gasteiger partial charge in [0.25, 0.3) is 0 Å². The zero-order valence-corrected chi connectivity index (χ0v) is 8.56. The van der Waals surface area contributed by atoms with Crippen LogP contribution in [0.15, 0.2) is 24.3 Å². The monoisotopic (exact) mass is 205 g/mol. The van der Waals surface area contributed by atoms with Crippen LogP contribution in [0.4, 0.5) is 0 Å². The molecule has 2 rings (SSSR count). The van der Waals surface area contributed by atoms with E-state index >= 15 is 0 Å². The summed E-state index contributed by atoms with van der Waals surface area (Å²) >= 11 is 0. The SMILES string of the molecule is NCC1CCC(c2ccc(C=O)cc2)O1. The molecule has 0 aliphatic carbocycles. The molecule has 1 saturated heterocycles. The maximum atomic E-state index is 10.5. The minimum atomic E-state index is 0.152.